The molecule has 6 nitrogen and oxygen atoms in total. The lowest BCUT2D eigenvalue weighted by atomic mass is 9.96. The maximum atomic E-state index is 11.6. The molecule has 1 aliphatic heterocycles. The van der Waals surface area contributed by atoms with Gasteiger partial charge in [0.2, 0.25) is 0 Å². The van der Waals surface area contributed by atoms with Gasteiger partial charge in [0.25, 0.3) is 0 Å². The second-order valence-electron chi connectivity index (χ2n) is 5.50. The number of halogens is 1. The van der Waals surface area contributed by atoms with Crippen LogP contribution in [0.4, 0.5) is 4.79 Å². The number of hydrogen-bond donors (Lipinski definition) is 2. The zero-order chi connectivity index (χ0) is 16.9. The Hall–Kier alpha value is -2.31. The minimum Gasteiger partial charge on any atom is -0.490 e. The van der Waals surface area contributed by atoms with Gasteiger partial charge in [-0.15, -0.1) is 0 Å². The molecule has 7 heteroatoms. The Kier molecular flexibility index (Phi) is 5.17. The summed E-state index contributed by atoms with van der Waals surface area (Å²) in [6, 6.07) is 10.4. The molecule has 1 aromatic carbocycles. The SMILES string of the molecule is O=C(O)N1CCNC(c2ccccc2Cl)C1COc1cccnc1. The van der Waals surface area contributed by atoms with Gasteiger partial charge in [-0.05, 0) is 23.8 Å². The van der Waals surface area contributed by atoms with E-state index in [2.05, 4.69) is 10.3 Å². The Morgan fingerprint density at radius 1 is 1.38 bits per heavy atom. The summed E-state index contributed by atoms with van der Waals surface area (Å²) in [6.07, 6.45) is 2.30. The lowest BCUT2D eigenvalue weighted by molar-refractivity contribution is 0.0681. The number of aromatic nitrogens is 1. The minimum absolute atomic E-state index is 0.209. The van der Waals surface area contributed by atoms with Crippen LogP contribution in [0.2, 0.25) is 5.02 Å². The number of piperazine rings is 1. The zero-order valence-corrected chi connectivity index (χ0v) is 13.7. The summed E-state index contributed by atoms with van der Waals surface area (Å²) < 4.78 is 5.77. The highest BCUT2D eigenvalue weighted by molar-refractivity contribution is 6.31. The van der Waals surface area contributed by atoms with Crippen LogP contribution in [-0.4, -0.2) is 46.8 Å². The largest absolute Gasteiger partial charge is 0.490 e. The Bertz CT molecular complexity index is 698. The van der Waals surface area contributed by atoms with Crippen molar-refractivity contribution in [1.82, 2.24) is 15.2 Å². The fourth-order valence-electron chi connectivity index (χ4n) is 2.90. The van der Waals surface area contributed by atoms with Crippen LogP contribution in [0.15, 0.2) is 48.8 Å². The Labute approximate surface area is 145 Å². The maximum absolute atomic E-state index is 11.6. The number of pyridine rings is 1. The van der Waals surface area contributed by atoms with E-state index in [0.29, 0.717) is 23.9 Å². The molecule has 1 fully saturated rings. The smallest absolute Gasteiger partial charge is 0.407 e. The lowest BCUT2D eigenvalue weighted by Gasteiger charge is -2.40. The standard InChI is InChI=1S/C17H18ClN3O3/c18-14-6-2-1-5-13(14)16-15(21(17(22)23)9-8-20-16)11-24-12-4-3-7-19-10-12/h1-7,10,15-16,20H,8-9,11H2,(H,22,23). The van der Waals surface area contributed by atoms with Gasteiger partial charge in [-0.2, -0.15) is 0 Å². The van der Waals surface area contributed by atoms with Crippen molar-refractivity contribution < 1.29 is 14.6 Å². The van der Waals surface area contributed by atoms with E-state index in [4.69, 9.17) is 16.3 Å². The molecule has 1 saturated heterocycles. The van der Waals surface area contributed by atoms with Gasteiger partial charge < -0.3 is 15.2 Å². The number of nitrogens with one attached hydrogen (secondary N) is 1. The molecule has 3 rings (SSSR count). The number of hydrogen-bond acceptors (Lipinski definition) is 4. The number of ether oxygens (including phenoxy) is 1. The second-order valence-corrected chi connectivity index (χ2v) is 5.90. The minimum atomic E-state index is -0.964. The number of rotatable bonds is 4. The third kappa shape index (κ3) is 3.60. The van der Waals surface area contributed by atoms with Gasteiger partial charge in [-0.25, -0.2) is 4.79 Å². The van der Waals surface area contributed by atoms with E-state index in [1.165, 1.54) is 4.90 Å². The summed E-state index contributed by atoms with van der Waals surface area (Å²) in [7, 11) is 0. The van der Waals surface area contributed by atoms with Crippen LogP contribution in [-0.2, 0) is 0 Å². The lowest BCUT2D eigenvalue weighted by Crippen LogP contribution is -2.57. The van der Waals surface area contributed by atoms with Gasteiger partial charge >= 0.3 is 6.09 Å². The quantitative estimate of drug-likeness (QED) is 0.889. The first-order chi connectivity index (χ1) is 11.7. The molecule has 126 valence electrons. The molecular formula is C17H18ClN3O3. The molecule has 1 aliphatic rings. The van der Waals surface area contributed by atoms with E-state index in [-0.39, 0.29) is 12.6 Å². The monoisotopic (exact) mass is 347 g/mol. The Morgan fingerprint density at radius 3 is 2.92 bits per heavy atom. The molecule has 0 saturated carbocycles. The van der Waals surface area contributed by atoms with Gasteiger partial charge in [0, 0.05) is 24.3 Å². The fraction of sp³-hybridized carbons (Fsp3) is 0.294. The Balaban J connectivity index is 1.85. The summed E-state index contributed by atoms with van der Waals surface area (Å²) in [5, 5.41) is 13.5. The predicted molar refractivity (Wildman–Crippen MR) is 90.4 cm³/mol. The zero-order valence-electron chi connectivity index (χ0n) is 12.9. The van der Waals surface area contributed by atoms with Gasteiger partial charge in [-0.1, -0.05) is 29.8 Å². The van der Waals surface area contributed by atoms with E-state index in [9.17, 15) is 9.90 Å². The number of amides is 1. The molecule has 2 heterocycles. The normalized spacial score (nSPS) is 20.6. The highest BCUT2D eigenvalue weighted by atomic mass is 35.5. The molecule has 0 radical (unpaired) electrons. The van der Waals surface area contributed by atoms with Crippen LogP contribution < -0.4 is 10.1 Å². The number of benzene rings is 1. The van der Waals surface area contributed by atoms with Gasteiger partial charge in [0.15, 0.2) is 0 Å². The molecule has 0 spiro atoms. The highest BCUT2D eigenvalue weighted by Crippen LogP contribution is 2.30. The number of nitrogens with zero attached hydrogens (tertiary/aromatic N) is 2. The van der Waals surface area contributed by atoms with Crippen molar-refractivity contribution in [3.63, 3.8) is 0 Å². The third-order valence-corrected chi connectivity index (χ3v) is 4.39. The number of carboxylic acid groups (broad SMARTS) is 1. The second kappa shape index (κ2) is 7.51. The average molecular weight is 348 g/mol. The highest BCUT2D eigenvalue weighted by Gasteiger charge is 2.36. The van der Waals surface area contributed by atoms with Crippen LogP contribution in [0.3, 0.4) is 0 Å². The third-order valence-electron chi connectivity index (χ3n) is 4.04. The van der Waals surface area contributed by atoms with E-state index in [1.54, 1.807) is 30.6 Å². The fourth-order valence-corrected chi connectivity index (χ4v) is 3.16. The van der Waals surface area contributed by atoms with Crippen molar-refractivity contribution in [2.75, 3.05) is 19.7 Å². The van der Waals surface area contributed by atoms with Crippen molar-refractivity contribution in [2.45, 2.75) is 12.1 Å². The molecule has 2 N–H and O–H groups in total. The van der Waals surface area contributed by atoms with E-state index >= 15 is 0 Å². The van der Waals surface area contributed by atoms with Crippen LogP contribution in [0.5, 0.6) is 5.75 Å². The molecular weight excluding hydrogens is 330 g/mol. The van der Waals surface area contributed by atoms with Gasteiger partial charge in [0.1, 0.15) is 12.4 Å². The maximum Gasteiger partial charge on any atom is 0.407 e. The first-order valence-electron chi connectivity index (χ1n) is 7.67. The summed E-state index contributed by atoms with van der Waals surface area (Å²) in [6.45, 7) is 1.17. The molecule has 24 heavy (non-hydrogen) atoms. The molecule has 1 aromatic heterocycles. The molecule has 0 aliphatic carbocycles. The van der Waals surface area contributed by atoms with E-state index < -0.39 is 12.1 Å². The van der Waals surface area contributed by atoms with Crippen molar-refractivity contribution in [3.05, 3.63) is 59.4 Å². The molecule has 1 amide bonds. The van der Waals surface area contributed by atoms with E-state index in [1.807, 2.05) is 18.2 Å². The molecule has 2 unspecified atom stereocenters. The van der Waals surface area contributed by atoms with Crippen LogP contribution in [0, 0.1) is 0 Å². The van der Waals surface area contributed by atoms with Crippen LogP contribution in [0.1, 0.15) is 11.6 Å². The molecule has 0 bridgehead atoms. The van der Waals surface area contributed by atoms with Gasteiger partial charge in [-0.3, -0.25) is 9.88 Å². The summed E-state index contributed by atoms with van der Waals surface area (Å²) in [5.74, 6) is 0.603. The van der Waals surface area contributed by atoms with Crippen LogP contribution >= 0.6 is 11.6 Å². The number of carbonyl (C=O) groups is 1. The average Bonchev–Trinajstić information content (AvgIpc) is 2.61. The van der Waals surface area contributed by atoms with E-state index in [0.717, 1.165) is 5.56 Å². The van der Waals surface area contributed by atoms with Gasteiger partial charge in [0.05, 0.1) is 18.3 Å². The first-order valence-corrected chi connectivity index (χ1v) is 8.05. The Morgan fingerprint density at radius 2 is 2.21 bits per heavy atom. The van der Waals surface area contributed by atoms with Crippen molar-refractivity contribution >= 4 is 17.7 Å². The molecule has 2 aromatic rings. The van der Waals surface area contributed by atoms with Crippen molar-refractivity contribution in [2.24, 2.45) is 0 Å². The first kappa shape index (κ1) is 16.5. The van der Waals surface area contributed by atoms with Crippen molar-refractivity contribution in [1.29, 1.82) is 0 Å². The van der Waals surface area contributed by atoms with Crippen molar-refractivity contribution in [3.8, 4) is 5.75 Å². The predicted octanol–water partition coefficient (Wildman–Crippen LogP) is 2.81. The summed E-state index contributed by atoms with van der Waals surface area (Å²) >= 11 is 6.31. The summed E-state index contributed by atoms with van der Waals surface area (Å²) in [5.41, 5.74) is 0.866. The molecule has 2 atom stereocenters. The topological polar surface area (TPSA) is 74.7 Å². The van der Waals surface area contributed by atoms with Crippen LogP contribution in [0.25, 0.3) is 0 Å². The summed E-state index contributed by atoms with van der Waals surface area (Å²) in [4.78, 5) is 17.0.